The Morgan fingerprint density at radius 2 is 2.05 bits per heavy atom. The molecule has 0 radical (unpaired) electrons. The highest BCUT2D eigenvalue weighted by Gasteiger charge is 2.17. The molecule has 1 aliphatic carbocycles. The Balaban J connectivity index is 1.89. The number of hydrogen-bond acceptors (Lipinski definition) is 2. The van der Waals surface area contributed by atoms with Gasteiger partial charge in [0.25, 0.3) is 0 Å². The van der Waals surface area contributed by atoms with Crippen molar-refractivity contribution in [2.24, 2.45) is 11.7 Å². The van der Waals surface area contributed by atoms with Crippen molar-refractivity contribution in [2.75, 3.05) is 7.11 Å². The molecule has 0 saturated heterocycles. The highest BCUT2D eigenvalue weighted by molar-refractivity contribution is 5.30. The standard InChI is InChI=1S/C16H24FNO/c1-19-13-8-9-14(15(17)11-13)16(18)10-7-12-5-3-2-4-6-12/h8-9,11-12,16H,2-7,10,18H2,1H3. The summed E-state index contributed by atoms with van der Waals surface area (Å²) in [6, 6.07) is 4.74. The zero-order valence-electron chi connectivity index (χ0n) is 11.7. The third-order valence-electron chi connectivity index (χ3n) is 4.22. The number of halogens is 1. The maximum absolute atomic E-state index is 13.9. The van der Waals surface area contributed by atoms with Crippen LogP contribution in [-0.2, 0) is 0 Å². The van der Waals surface area contributed by atoms with Gasteiger partial charge in [-0.1, -0.05) is 38.2 Å². The molecule has 2 N–H and O–H groups in total. The van der Waals surface area contributed by atoms with Crippen LogP contribution in [-0.4, -0.2) is 7.11 Å². The summed E-state index contributed by atoms with van der Waals surface area (Å²) in [5.41, 5.74) is 6.73. The fraction of sp³-hybridized carbons (Fsp3) is 0.625. The highest BCUT2D eigenvalue weighted by atomic mass is 19.1. The van der Waals surface area contributed by atoms with Crippen LogP contribution in [0, 0.1) is 11.7 Å². The summed E-state index contributed by atoms with van der Waals surface area (Å²) in [6.07, 6.45) is 8.68. The highest BCUT2D eigenvalue weighted by Crippen LogP contribution is 2.30. The van der Waals surface area contributed by atoms with Crippen molar-refractivity contribution in [3.05, 3.63) is 29.6 Å². The van der Waals surface area contributed by atoms with Crippen molar-refractivity contribution in [2.45, 2.75) is 51.0 Å². The van der Waals surface area contributed by atoms with Gasteiger partial charge >= 0.3 is 0 Å². The summed E-state index contributed by atoms with van der Waals surface area (Å²) < 4.78 is 18.9. The normalized spacial score (nSPS) is 18.3. The Kier molecular flexibility index (Phi) is 5.20. The summed E-state index contributed by atoms with van der Waals surface area (Å²) in [5.74, 6) is 1.08. The number of nitrogens with two attached hydrogens (primary N) is 1. The zero-order chi connectivity index (χ0) is 13.7. The molecular formula is C16H24FNO. The molecule has 1 unspecified atom stereocenters. The zero-order valence-corrected chi connectivity index (χ0v) is 11.7. The second kappa shape index (κ2) is 6.90. The Morgan fingerprint density at radius 3 is 2.68 bits per heavy atom. The molecule has 1 aromatic rings. The molecule has 1 atom stereocenters. The van der Waals surface area contributed by atoms with E-state index in [1.807, 2.05) is 0 Å². The lowest BCUT2D eigenvalue weighted by molar-refractivity contribution is 0.323. The van der Waals surface area contributed by atoms with E-state index < -0.39 is 0 Å². The number of hydrogen-bond donors (Lipinski definition) is 1. The molecular weight excluding hydrogens is 241 g/mol. The van der Waals surface area contributed by atoms with Gasteiger partial charge in [0, 0.05) is 17.7 Å². The van der Waals surface area contributed by atoms with Crippen LogP contribution in [0.3, 0.4) is 0 Å². The molecule has 1 saturated carbocycles. The molecule has 0 aromatic heterocycles. The topological polar surface area (TPSA) is 35.2 Å². The van der Waals surface area contributed by atoms with Crippen LogP contribution in [0.1, 0.15) is 56.6 Å². The van der Waals surface area contributed by atoms with Gasteiger partial charge in [-0.15, -0.1) is 0 Å². The van der Waals surface area contributed by atoms with E-state index in [2.05, 4.69) is 0 Å². The van der Waals surface area contributed by atoms with E-state index in [1.54, 1.807) is 12.1 Å². The number of ether oxygens (including phenoxy) is 1. The van der Waals surface area contributed by atoms with Crippen LogP contribution in [0.5, 0.6) is 5.75 Å². The minimum absolute atomic E-state index is 0.201. The van der Waals surface area contributed by atoms with Crippen molar-refractivity contribution in [1.82, 2.24) is 0 Å². The first-order valence-electron chi connectivity index (χ1n) is 7.29. The van der Waals surface area contributed by atoms with E-state index in [4.69, 9.17) is 10.5 Å². The predicted octanol–water partition coefficient (Wildman–Crippen LogP) is 4.19. The lowest BCUT2D eigenvalue weighted by atomic mass is 9.84. The van der Waals surface area contributed by atoms with Gasteiger partial charge in [0.05, 0.1) is 7.11 Å². The van der Waals surface area contributed by atoms with E-state index in [0.29, 0.717) is 11.3 Å². The molecule has 1 aliphatic rings. The fourth-order valence-electron chi connectivity index (χ4n) is 2.98. The Bertz CT molecular complexity index is 402. The summed E-state index contributed by atoms with van der Waals surface area (Å²) in [6.45, 7) is 0. The SMILES string of the molecule is COc1ccc(C(N)CCC2CCCCC2)c(F)c1. The summed E-state index contributed by atoms with van der Waals surface area (Å²) in [4.78, 5) is 0. The molecule has 106 valence electrons. The number of rotatable bonds is 5. The predicted molar refractivity (Wildman–Crippen MR) is 75.7 cm³/mol. The van der Waals surface area contributed by atoms with Gasteiger partial charge in [-0.25, -0.2) is 4.39 Å². The molecule has 0 aliphatic heterocycles. The molecule has 0 spiro atoms. The van der Waals surface area contributed by atoms with E-state index in [9.17, 15) is 4.39 Å². The number of methoxy groups -OCH3 is 1. The molecule has 2 rings (SSSR count). The van der Waals surface area contributed by atoms with Gasteiger partial charge in [0.2, 0.25) is 0 Å². The third kappa shape index (κ3) is 3.93. The van der Waals surface area contributed by atoms with Crippen molar-refractivity contribution >= 4 is 0 Å². The lowest BCUT2D eigenvalue weighted by Gasteiger charge is -2.23. The van der Waals surface area contributed by atoms with Crippen LogP contribution in [0.15, 0.2) is 18.2 Å². The van der Waals surface area contributed by atoms with Crippen molar-refractivity contribution in [3.8, 4) is 5.75 Å². The van der Waals surface area contributed by atoms with E-state index in [0.717, 1.165) is 18.8 Å². The van der Waals surface area contributed by atoms with Crippen molar-refractivity contribution < 1.29 is 9.13 Å². The van der Waals surface area contributed by atoms with Crippen LogP contribution in [0.25, 0.3) is 0 Å². The smallest absolute Gasteiger partial charge is 0.131 e. The summed E-state index contributed by atoms with van der Waals surface area (Å²) in [5, 5.41) is 0. The Labute approximate surface area is 115 Å². The first-order chi connectivity index (χ1) is 9.20. The molecule has 2 nitrogen and oxygen atoms in total. The molecule has 3 heteroatoms. The molecule has 1 aromatic carbocycles. The Morgan fingerprint density at radius 1 is 1.32 bits per heavy atom. The van der Waals surface area contributed by atoms with Crippen LogP contribution >= 0.6 is 0 Å². The van der Waals surface area contributed by atoms with Gasteiger partial charge in [-0.3, -0.25) is 0 Å². The van der Waals surface area contributed by atoms with E-state index in [1.165, 1.54) is 45.3 Å². The first kappa shape index (κ1) is 14.3. The van der Waals surface area contributed by atoms with Crippen LogP contribution < -0.4 is 10.5 Å². The molecule has 19 heavy (non-hydrogen) atoms. The lowest BCUT2D eigenvalue weighted by Crippen LogP contribution is -2.15. The second-order valence-corrected chi connectivity index (χ2v) is 5.58. The summed E-state index contributed by atoms with van der Waals surface area (Å²) in [7, 11) is 1.54. The maximum atomic E-state index is 13.9. The van der Waals surface area contributed by atoms with Gasteiger partial charge in [-0.05, 0) is 24.8 Å². The van der Waals surface area contributed by atoms with Gasteiger partial charge in [0.15, 0.2) is 0 Å². The van der Waals surface area contributed by atoms with Crippen LogP contribution in [0.4, 0.5) is 4.39 Å². The third-order valence-corrected chi connectivity index (χ3v) is 4.22. The molecule has 0 heterocycles. The molecule has 0 amide bonds. The average Bonchev–Trinajstić information content (AvgIpc) is 2.45. The number of benzene rings is 1. The monoisotopic (exact) mass is 265 g/mol. The van der Waals surface area contributed by atoms with Gasteiger partial charge in [0.1, 0.15) is 11.6 Å². The van der Waals surface area contributed by atoms with Crippen molar-refractivity contribution in [1.29, 1.82) is 0 Å². The van der Waals surface area contributed by atoms with E-state index >= 15 is 0 Å². The minimum Gasteiger partial charge on any atom is -0.497 e. The fourth-order valence-corrected chi connectivity index (χ4v) is 2.98. The summed E-state index contributed by atoms with van der Waals surface area (Å²) >= 11 is 0. The molecule has 0 bridgehead atoms. The largest absolute Gasteiger partial charge is 0.497 e. The maximum Gasteiger partial charge on any atom is 0.131 e. The average molecular weight is 265 g/mol. The van der Waals surface area contributed by atoms with Crippen LogP contribution in [0.2, 0.25) is 0 Å². The van der Waals surface area contributed by atoms with Gasteiger partial charge < -0.3 is 10.5 Å². The first-order valence-corrected chi connectivity index (χ1v) is 7.29. The van der Waals surface area contributed by atoms with Gasteiger partial charge in [-0.2, -0.15) is 0 Å². The van der Waals surface area contributed by atoms with Crippen molar-refractivity contribution in [3.63, 3.8) is 0 Å². The minimum atomic E-state index is -0.254. The second-order valence-electron chi connectivity index (χ2n) is 5.58. The molecule has 1 fully saturated rings. The van der Waals surface area contributed by atoms with E-state index in [-0.39, 0.29) is 11.9 Å². The quantitative estimate of drug-likeness (QED) is 0.866. The Hall–Kier alpha value is -1.09.